The Morgan fingerprint density at radius 2 is 2.15 bits per heavy atom. The van der Waals surface area contributed by atoms with Crippen LogP contribution in [0.5, 0.6) is 0 Å². The molecule has 0 aromatic carbocycles. The van der Waals surface area contributed by atoms with E-state index < -0.39 is 0 Å². The molecule has 0 bridgehead atoms. The van der Waals surface area contributed by atoms with Gasteiger partial charge in [0.15, 0.2) is 0 Å². The fourth-order valence-electron chi connectivity index (χ4n) is 2.97. The minimum absolute atomic E-state index is 0. The molecule has 2 heteroatoms. The predicted octanol–water partition coefficient (Wildman–Crippen LogP) is 2.94. The molecule has 13 heavy (non-hydrogen) atoms. The molecule has 0 aromatic rings. The number of halogens is 1. The van der Waals surface area contributed by atoms with Gasteiger partial charge in [-0.15, -0.1) is 12.4 Å². The van der Waals surface area contributed by atoms with Gasteiger partial charge in [0.2, 0.25) is 0 Å². The van der Waals surface area contributed by atoms with Crippen molar-refractivity contribution in [3.8, 4) is 0 Å². The van der Waals surface area contributed by atoms with Crippen LogP contribution in [0.4, 0.5) is 0 Å². The van der Waals surface area contributed by atoms with Gasteiger partial charge in [-0.25, -0.2) is 0 Å². The number of rotatable bonds is 4. The zero-order valence-electron chi connectivity index (χ0n) is 8.88. The first-order valence-corrected chi connectivity index (χ1v) is 5.45. The standard InChI is InChI=1S/C11H21N.ClH/c1-3-4-5-6-11-7-10(11)8-12(2)9-11;/h10H,3-9H2,1-2H3;1H. The highest BCUT2D eigenvalue weighted by molar-refractivity contribution is 5.85. The lowest BCUT2D eigenvalue weighted by Crippen LogP contribution is -2.19. The van der Waals surface area contributed by atoms with Crippen LogP contribution in [0.3, 0.4) is 0 Å². The molecule has 1 nitrogen and oxygen atoms in total. The molecule has 0 spiro atoms. The third kappa shape index (κ3) is 2.19. The van der Waals surface area contributed by atoms with E-state index in [1.54, 1.807) is 6.42 Å². The first-order valence-electron chi connectivity index (χ1n) is 5.45. The highest BCUT2D eigenvalue weighted by Crippen LogP contribution is 2.60. The van der Waals surface area contributed by atoms with Crippen LogP contribution in [-0.4, -0.2) is 25.0 Å². The SMILES string of the molecule is CCCCCC12CC1CN(C)C2.Cl. The quantitative estimate of drug-likeness (QED) is 0.636. The first kappa shape index (κ1) is 11.3. The van der Waals surface area contributed by atoms with Crippen LogP contribution in [0.2, 0.25) is 0 Å². The maximum Gasteiger partial charge on any atom is 0.00383 e. The monoisotopic (exact) mass is 203 g/mol. The molecular formula is C11H22ClN. The topological polar surface area (TPSA) is 3.24 Å². The van der Waals surface area contributed by atoms with Gasteiger partial charge in [0.05, 0.1) is 0 Å². The van der Waals surface area contributed by atoms with E-state index in [2.05, 4.69) is 18.9 Å². The van der Waals surface area contributed by atoms with Crippen LogP contribution in [0.25, 0.3) is 0 Å². The minimum Gasteiger partial charge on any atom is -0.306 e. The highest BCUT2D eigenvalue weighted by Gasteiger charge is 2.57. The van der Waals surface area contributed by atoms with E-state index in [0.717, 1.165) is 11.3 Å². The molecule has 2 fully saturated rings. The van der Waals surface area contributed by atoms with Crippen LogP contribution < -0.4 is 0 Å². The molecule has 1 saturated carbocycles. The van der Waals surface area contributed by atoms with E-state index in [-0.39, 0.29) is 12.4 Å². The Labute approximate surface area is 88.3 Å². The number of fused-ring (bicyclic) bond motifs is 1. The molecule has 2 rings (SSSR count). The summed E-state index contributed by atoms with van der Waals surface area (Å²) < 4.78 is 0. The van der Waals surface area contributed by atoms with Gasteiger partial charge < -0.3 is 4.90 Å². The van der Waals surface area contributed by atoms with Crippen molar-refractivity contribution in [1.82, 2.24) is 4.90 Å². The lowest BCUT2D eigenvalue weighted by Gasteiger charge is -2.15. The van der Waals surface area contributed by atoms with Crippen LogP contribution in [0, 0.1) is 11.3 Å². The average Bonchev–Trinajstić information content (AvgIpc) is 2.55. The van der Waals surface area contributed by atoms with Gasteiger partial charge >= 0.3 is 0 Å². The van der Waals surface area contributed by atoms with Gasteiger partial charge in [-0.2, -0.15) is 0 Å². The predicted molar refractivity (Wildman–Crippen MR) is 59.4 cm³/mol. The number of nitrogens with zero attached hydrogens (tertiary/aromatic N) is 1. The highest BCUT2D eigenvalue weighted by atomic mass is 35.5. The second kappa shape index (κ2) is 4.18. The molecule has 1 aliphatic carbocycles. The zero-order chi connectivity index (χ0) is 8.60. The third-order valence-electron chi connectivity index (χ3n) is 3.75. The van der Waals surface area contributed by atoms with Crippen molar-refractivity contribution in [3.05, 3.63) is 0 Å². The number of piperidine rings is 1. The van der Waals surface area contributed by atoms with E-state index in [0.29, 0.717) is 0 Å². The molecule has 1 heterocycles. The Bertz CT molecular complexity index is 171. The Hall–Kier alpha value is 0.250. The minimum atomic E-state index is 0. The summed E-state index contributed by atoms with van der Waals surface area (Å²) >= 11 is 0. The molecule has 0 radical (unpaired) electrons. The lowest BCUT2D eigenvalue weighted by atomic mass is 9.97. The molecule has 1 aliphatic heterocycles. The van der Waals surface area contributed by atoms with Gasteiger partial charge in [-0.1, -0.05) is 26.2 Å². The van der Waals surface area contributed by atoms with Crippen molar-refractivity contribution in [2.24, 2.45) is 11.3 Å². The Kier molecular flexibility index (Phi) is 3.64. The van der Waals surface area contributed by atoms with Crippen molar-refractivity contribution in [1.29, 1.82) is 0 Å². The normalized spacial score (nSPS) is 36.9. The fourth-order valence-corrected chi connectivity index (χ4v) is 2.97. The summed E-state index contributed by atoms with van der Waals surface area (Å²) in [5.74, 6) is 1.08. The second-order valence-electron chi connectivity index (χ2n) is 4.92. The van der Waals surface area contributed by atoms with Crippen LogP contribution in [0.1, 0.15) is 39.0 Å². The molecule has 0 amide bonds. The molecule has 2 atom stereocenters. The van der Waals surface area contributed by atoms with Crippen molar-refractivity contribution in [2.45, 2.75) is 39.0 Å². The summed E-state index contributed by atoms with van der Waals surface area (Å²) in [4.78, 5) is 2.51. The van der Waals surface area contributed by atoms with Crippen molar-refractivity contribution >= 4 is 12.4 Å². The summed E-state index contributed by atoms with van der Waals surface area (Å²) in [5, 5.41) is 0. The van der Waals surface area contributed by atoms with Gasteiger partial charge in [0.25, 0.3) is 0 Å². The van der Waals surface area contributed by atoms with Crippen LogP contribution >= 0.6 is 12.4 Å². The van der Waals surface area contributed by atoms with Gasteiger partial charge in [0.1, 0.15) is 0 Å². The summed E-state index contributed by atoms with van der Waals surface area (Å²) in [6.45, 7) is 5.07. The van der Waals surface area contributed by atoms with E-state index in [4.69, 9.17) is 0 Å². The largest absolute Gasteiger partial charge is 0.306 e. The number of unbranched alkanes of at least 4 members (excludes halogenated alkanes) is 2. The van der Waals surface area contributed by atoms with E-state index in [1.807, 2.05) is 0 Å². The Balaban J connectivity index is 0.000000845. The molecule has 1 saturated heterocycles. The summed E-state index contributed by atoms with van der Waals surface area (Å²) in [6.07, 6.45) is 7.34. The molecule has 78 valence electrons. The smallest absolute Gasteiger partial charge is 0.00383 e. The van der Waals surface area contributed by atoms with Crippen molar-refractivity contribution in [2.75, 3.05) is 20.1 Å². The van der Waals surface area contributed by atoms with Gasteiger partial charge in [0, 0.05) is 13.1 Å². The maximum absolute atomic E-state index is 2.51. The first-order chi connectivity index (χ1) is 5.77. The molecule has 0 aromatic heterocycles. The van der Waals surface area contributed by atoms with Crippen molar-refractivity contribution < 1.29 is 0 Å². The van der Waals surface area contributed by atoms with Crippen LogP contribution in [-0.2, 0) is 0 Å². The molecule has 2 aliphatic rings. The number of likely N-dealkylation sites (tertiary alicyclic amines) is 1. The summed E-state index contributed by atoms with van der Waals surface area (Å²) in [6, 6.07) is 0. The second-order valence-corrected chi connectivity index (χ2v) is 4.92. The van der Waals surface area contributed by atoms with Crippen molar-refractivity contribution in [3.63, 3.8) is 0 Å². The lowest BCUT2D eigenvalue weighted by molar-refractivity contribution is 0.321. The van der Waals surface area contributed by atoms with E-state index >= 15 is 0 Å². The van der Waals surface area contributed by atoms with Gasteiger partial charge in [-0.3, -0.25) is 0 Å². The maximum atomic E-state index is 2.51. The molecular weight excluding hydrogens is 182 g/mol. The third-order valence-corrected chi connectivity index (χ3v) is 3.75. The number of hydrogen-bond acceptors (Lipinski definition) is 1. The number of hydrogen-bond donors (Lipinski definition) is 0. The zero-order valence-corrected chi connectivity index (χ0v) is 9.70. The summed E-state index contributed by atoms with van der Waals surface area (Å²) in [5.41, 5.74) is 0.809. The van der Waals surface area contributed by atoms with Gasteiger partial charge in [-0.05, 0) is 31.2 Å². The molecule has 2 unspecified atom stereocenters. The molecule has 0 N–H and O–H groups in total. The van der Waals surface area contributed by atoms with E-state index in [1.165, 1.54) is 38.8 Å². The average molecular weight is 204 g/mol. The van der Waals surface area contributed by atoms with Crippen LogP contribution in [0.15, 0.2) is 0 Å². The van der Waals surface area contributed by atoms with E-state index in [9.17, 15) is 0 Å². The fraction of sp³-hybridized carbons (Fsp3) is 1.00. The summed E-state index contributed by atoms with van der Waals surface area (Å²) in [7, 11) is 2.27. The Morgan fingerprint density at radius 1 is 1.38 bits per heavy atom. The Morgan fingerprint density at radius 3 is 2.69 bits per heavy atom.